The third-order valence-electron chi connectivity index (χ3n) is 6.38. The number of amides is 1. The average Bonchev–Trinajstić information content (AvgIpc) is 3.30. The summed E-state index contributed by atoms with van der Waals surface area (Å²) in [6.45, 7) is 2.11. The highest BCUT2D eigenvalue weighted by Crippen LogP contribution is 2.38. The molecule has 0 spiro atoms. The van der Waals surface area contributed by atoms with Gasteiger partial charge in [-0.1, -0.05) is 0 Å². The van der Waals surface area contributed by atoms with Crippen molar-refractivity contribution in [3.8, 4) is 17.0 Å². The van der Waals surface area contributed by atoms with Crippen LogP contribution in [0.2, 0.25) is 0 Å². The molecule has 36 heavy (non-hydrogen) atoms. The minimum atomic E-state index is -4.46. The van der Waals surface area contributed by atoms with Gasteiger partial charge in [0.1, 0.15) is 12.2 Å². The maximum atomic E-state index is 13.5. The molecule has 1 fully saturated rings. The number of piperazine rings is 1. The molecule has 1 aromatic carbocycles. The van der Waals surface area contributed by atoms with Crippen molar-refractivity contribution >= 4 is 22.6 Å². The Bertz CT molecular complexity index is 1380. The standard InChI is InChI=1S/C26H24F3N5O2/c1-36-23-7-4-19(16-31-23)21-15-20(26(27,28)29)5-6-22(21)32-11-13-33(14-12-32)24(35)17-34-10-8-18-3-2-9-30-25(18)34/h2-10,15-16H,11-14,17H2,1H3. The third kappa shape index (κ3) is 4.71. The molecule has 4 heterocycles. The zero-order valence-electron chi connectivity index (χ0n) is 19.6. The SMILES string of the molecule is COc1ccc(-c2cc(C(F)(F)F)ccc2N2CCN(C(=O)Cn3ccc4cccnc43)CC2)cn1. The lowest BCUT2D eigenvalue weighted by Gasteiger charge is -2.37. The van der Waals surface area contributed by atoms with Crippen LogP contribution >= 0.6 is 0 Å². The predicted octanol–water partition coefficient (Wildman–Crippen LogP) is 4.47. The summed E-state index contributed by atoms with van der Waals surface area (Å²) >= 11 is 0. The van der Waals surface area contributed by atoms with E-state index in [0.717, 1.165) is 23.2 Å². The van der Waals surface area contributed by atoms with Gasteiger partial charge in [0.15, 0.2) is 0 Å². The first-order chi connectivity index (χ1) is 17.3. The van der Waals surface area contributed by atoms with Crippen molar-refractivity contribution < 1.29 is 22.7 Å². The molecule has 0 unspecified atom stereocenters. The molecule has 0 N–H and O–H groups in total. The van der Waals surface area contributed by atoms with Crippen molar-refractivity contribution in [1.82, 2.24) is 19.4 Å². The monoisotopic (exact) mass is 495 g/mol. The van der Waals surface area contributed by atoms with Gasteiger partial charge in [-0.15, -0.1) is 0 Å². The number of pyridine rings is 2. The van der Waals surface area contributed by atoms with Crippen LogP contribution in [-0.4, -0.2) is 58.6 Å². The topological polar surface area (TPSA) is 63.5 Å². The highest BCUT2D eigenvalue weighted by molar-refractivity contribution is 5.82. The highest BCUT2D eigenvalue weighted by Gasteiger charge is 2.32. The first-order valence-electron chi connectivity index (χ1n) is 11.5. The quantitative estimate of drug-likeness (QED) is 0.409. The summed E-state index contributed by atoms with van der Waals surface area (Å²) in [6, 6.07) is 12.8. The van der Waals surface area contributed by atoms with Crippen molar-refractivity contribution in [2.24, 2.45) is 0 Å². The number of nitrogens with zero attached hydrogens (tertiary/aromatic N) is 5. The molecule has 0 radical (unpaired) electrons. The number of rotatable bonds is 5. The van der Waals surface area contributed by atoms with E-state index in [-0.39, 0.29) is 12.5 Å². The predicted molar refractivity (Wildman–Crippen MR) is 130 cm³/mol. The fourth-order valence-corrected chi connectivity index (χ4v) is 4.47. The van der Waals surface area contributed by atoms with E-state index < -0.39 is 11.7 Å². The van der Waals surface area contributed by atoms with Crippen LogP contribution in [0.15, 0.2) is 67.1 Å². The van der Waals surface area contributed by atoms with Gasteiger partial charge in [0.05, 0.1) is 12.7 Å². The van der Waals surface area contributed by atoms with E-state index in [2.05, 4.69) is 9.97 Å². The number of halogens is 3. The Balaban J connectivity index is 1.34. The Labute approximate surface area is 205 Å². The molecule has 7 nitrogen and oxygen atoms in total. The van der Waals surface area contributed by atoms with Gasteiger partial charge in [-0.25, -0.2) is 9.97 Å². The molecule has 186 valence electrons. The Kier molecular flexibility index (Phi) is 6.26. The highest BCUT2D eigenvalue weighted by atomic mass is 19.4. The number of carbonyl (C=O) groups excluding carboxylic acids is 1. The zero-order valence-corrected chi connectivity index (χ0v) is 19.6. The lowest BCUT2D eigenvalue weighted by atomic mass is 10.0. The molecule has 0 bridgehead atoms. The lowest BCUT2D eigenvalue weighted by Crippen LogP contribution is -2.49. The van der Waals surface area contributed by atoms with E-state index in [1.807, 2.05) is 33.9 Å². The second-order valence-corrected chi connectivity index (χ2v) is 8.55. The van der Waals surface area contributed by atoms with E-state index >= 15 is 0 Å². The van der Waals surface area contributed by atoms with Gasteiger partial charge < -0.3 is 19.1 Å². The van der Waals surface area contributed by atoms with Crippen LogP contribution < -0.4 is 9.64 Å². The van der Waals surface area contributed by atoms with Crippen molar-refractivity contribution in [3.63, 3.8) is 0 Å². The van der Waals surface area contributed by atoms with Crippen molar-refractivity contribution in [3.05, 3.63) is 72.7 Å². The van der Waals surface area contributed by atoms with Crippen LogP contribution in [0.4, 0.5) is 18.9 Å². The van der Waals surface area contributed by atoms with E-state index in [4.69, 9.17) is 4.74 Å². The van der Waals surface area contributed by atoms with Crippen molar-refractivity contribution in [1.29, 1.82) is 0 Å². The van der Waals surface area contributed by atoms with Crippen LogP contribution in [0.25, 0.3) is 22.2 Å². The number of carbonyl (C=O) groups is 1. The number of fused-ring (bicyclic) bond motifs is 1. The number of hydrogen-bond acceptors (Lipinski definition) is 5. The summed E-state index contributed by atoms with van der Waals surface area (Å²) in [4.78, 5) is 25.3. The number of benzene rings is 1. The minimum Gasteiger partial charge on any atom is -0.481 e. The van der Waals surface area contributed by atoms with Gasteiger partial charge in [0.25, 0.3) is 0 Å². The second kappa shape index (κ2) is 9.52. The van der Waals surface area contributed by atoms with Gasteiger partial charge in [0.2, 0.25) is 11.8 Å². The number of anilines is 1. The fourth-order valence-electron chi connectivity index (χ4n) is 4.47. The zero-order chi connectivity index (χ0) is 25.3. The Hall–Kier alpha value is -4.08. The molecule has 1 saturated heterocycles. The number of alkyl halides is 3. The lowest BCUT2D eigenvalue weighted by molar-refractivity contribution is -0.137. The summed E-state index contributed by atoms with van der Waals surface area (Å²) in [5.41, 5.74) is 1.69. The molecule has 1 aliphatic rings. The Morgan fingerprint density at radius 3 is 2.53 bits per heavy atom. The van der Waals surface area contributed by atoms with E-state index in [9.17, 15) is 18.0 Å². The first kappa shape index (κ1) is 23.7. The fraction of sp³-hybridized carbons (Fsp3) is 0.269. The molecule has 0 saturated carbocycles. The largest absolute Gasteiger partial charge is 0.481 e. The Morgan fingerprint density at radius 2 is 1.83 bits per heavy atom. The summed E-state index contributed by atoms with van der Waals surface area (Å²) < 4.78 is 47.3. The van der Waals surface area contributed by atoms with Crippen LogP contribution in [0.5, 0.6) is 5.88 Å². The van der Waals surface area contributed by atoms with Gasteiger partial charge >= 0.3 is 6.18 Å². The molecule has 10 heteroatoms. The van der Waals surface area contributed by atoms with Gasteiger partial charge in [-0.2, -0.15) is 13.2 Å². The van der Waals surface area contributed by atoms with E-state index in [0.29, 0.717) is 48.9 Å². The molecular formula is C26H24F3N5O2. The number of aromatic nitrogens is 3. The van der Waals surface area contributed by atoms with Gasteiger partial charge in [0, 0.05) is 73.0 Å². The molecule has 0 aliphatic carbocycles. The molecule has 3 aromatic heterocycles. The van der Waals surface area contributed by atoms with E-state index in [1.165, 1.54) is 19.4 Å². The number of hydrogen-bond donors (Lipinski definition) is 0. The third-order valence-corrected chi connectivity index (χ3v) is 6.38. The van der Waals surface area contributed by atoms with Gasteiger partial charge in [-0.05, 0) is 42.5 Å². The van der Waals surface area contributed by atoms with Gasteiger partial charge in [-0.3, -0.25) is 4.79 Å². The van der Waals surface area contributed by atoms with Crippen molar-refractivity contribution in [2.75, 3.05) is 38.2 Å². The Morgan fingerprint density at radius 1 is 1.03 bits per heavy atom. The summed E-state index contributed by atoms with van der Waals surface area (Å²) in [6.07, 6.45) is 0.591. The minimum absolute atomic E-state index is 0.0233. The second-order valence-electron chi connectivity index (χ2n) is 8.55. The summed E-state index contributed by atoms with van der Waals surface area (Å²) in [5, 5.41) is 0.970. The molecule has 4 aromatic rings. The molecular weight excluding hydrogens is 471 g/mol. The first-order valence-corrected chi connectivity index (χ1v) is 11.5. The molecule has 0 atom stereocenters. The van der Waals surface area contributed by atoms with Crippen molar-refractivity contribution in [2.45, 2.75) is 12.7 Å². The van der Waals surface area contributed by atoms with E-state index in [1.54, 1.807) is 23.2 Å². The van der Waals surface area contributed by atoms with Crippen LogP contribution in [0.3, 0.4) is 0 Å². The van der Waals surface area contributed by atoms with Crippen LogP contribution in [0.1, 0.15) is 5.56 Å². The smallest absolute Gasteiger partial charge is 0.416 e. The normalized spacial score (nSPS) is 14.3. The van der Waals surface area contributed by atoms with Crippen LogP contribution in [0, 0.1) is 0 Å². The number of methoxy groups -OCH3 is 1. The maximum absolute atomic E-state index is 13.5. The number of ether oxygens (including phenoxy) is 1. The molecule has 1 aliphatic heterocycles. The molecule has 1 amide bonds. The summed E-state index contributed by atoms with van der Waals surface area (Å²) in [7, 11) is 1.48. The summed E-state index contributed by atoms with van der Waals surface area (Å²) in [5.74, 6) is 0.356. The maximum Gasteiger partial charge on any atom is 0.416 e. The average molecular weight is 496 g/mol. The molecule has 5 rings (SSSR count). The van der Waals surface area contributed by atoms with Crippen LogP contribution in [-0.2, 0) is 17.5 Å².